The van der Waals surface area contributed by atoms with E-state index in [1.165, 1.54) is 6.33 Å². The number of aromatic nitrogens is 3. The van der Waals surface area contributed by atoms with E-state index in [-0.39, 0.29) is 5.88 Å². The highest BCUT2D eigenvalue weighted by Gasteiger charge is 2.12. The summed E-state index contributed by atoms with van der Waals surface area (Å²) in [5.74, 6) is 1.95. The first-order valence-corrected chi connectivity index (χ1v) is 7.65. The fourth-order valence-electron chi connectivity index (χ4n) is 2.20. The summed E-state index contributed by atoms with van der Waals surface area (Å²) >= 11 is 6.18. The number of hydrogen-bond donors (Lipinski definition) is 2. The van der Waals surface area contributed by atoms with Gasteiger partial charge in [-0.25, -0.2) is 9.97 Å². The van der Waals surface area contributed by atoms with Crippen LogP contribution in [0.3, 0.4) is 0 Å². The van der Waals surface area contributed by atoms with Crippen LogP contribution in [-0.2, 0) is 0 Å². The highest BCUT2D eigenvalue weighted by molar-refractivity contribution is 6.32. The number of hydrogen-bond acceptors (Lipinski definition) is 6. The molecule has 2 aromatic heterocycles. The highest BCUT2D eigenvalue weighted by Crippen LogP contribution is 2.33. The van der Waals surface area contributed by atoms with Gasteiger partial charge in [-0.15, -0.1) is 0 Å². The number of nitrogens with two attached hydrogens (primary N) is 1. The molecule has 3 rings (SSSR count). The molecule has 0 fully saturated rings. The molecule has 1 aromatic carbocycles. The fourth-order valence-corrected chi connectivity index (χ4v) is 2.30. The predicted molar refractivity (Wildman–Crippen MR) is 95.0 cm³/mol. The first-order valence-electron chi connectivity index (χ1n) is 7.27. The highest BCUT2D eigenvalue weighted by atomic mass is 35.5. The van der Waals surface area contributed by atoms with Crippen molar-refractivity contribution in [2.45, 2.75) is 13.8 Å². The lowest BCUT2D eigenvalue weighted by atomic mass is 10.1. The van der Waals surface area contributed by atoms with Gasteiger partial charge in [0.15, 0.2) is 5.82 Å². The number of halogens is 1. The number of nitrogens with one attached hydrogen (secondary N) is 1. The van der Waals surface area contributed by atoms with Gasteiger partial charge in [-0.1, -0.05) is 17.7 Å². The van der Waals surface area contributed by atoms with Gasteiger partial charge in [0.05, 0.1) is 0 Å². The Balaban J connectivity index is 1.88. The maximum absolute atomic E-state index is 6.18. The van der Waals surface area contributed by atoms with Crippen LogP contribution in [0, 0.1) is 13.8 Å². The quantitative estimate of drug-likeness (QED) is 0.737. The van der Waals surface area contributed by atoms with E-state index in [9.17, 15) is 0 Å². The summed E-state index contributed by atoms with van der Waals surface area (Å²) in [4.78, 5) is 12.4. The van der Waals surface area contributed by atoms with E-state index in [1.54, 1.807) is 6.20 Å². The van der Waals surface area contributed by atoms with Crippen LogP contribution in [0.2, 0.25) is 5.02 Å². The zero-order valence-electron chi connectivity index (χ0n) is 13.2. The van der Waals surface area contributed by atoms with Crippen molar-refractivity contribution in [2.75, 3.05) is 11.1 Å². The van der Waals surface area contributed by atoms with Crippen LogP contribution in [0.25, 0.3) is 0 Å². The molecule has 0 saturated carbocycles. The summed E-state index contributed by atoms with van der Waals surface area (Å²) in [7, 11) is 0. The number of anilines is 3. The first kappa shape index (κ1) is 16.0. The Morgan fingerprint density at radius 1 is 1.08 bits per heavy atom. The molecule has 0 amide bonds. The summed E-state index contributed by atoms with van der Waals surface area (Å²) in [6.45, 7) is 3.83. The molecule has 122 valence electrons. The van der Waals surface area contributed by atoms with Gasteiger partial charge in [-0.05, 0) is 49.2 Å². The standard InChI is InChI=1S/C17H16ClN5O/c1-10-7-12(8-11(2)14(10)18)24-17-15(19)16(21-9-22-17)23-13-5-3-4-6-20-13/h3-9H,19H2,1-2H3,(H,20,21,22,23). The first-order chi connectivity index (χ1) is 11.5. The third kappa shape index (κ3) is 3.38. The molecule has 24 heavy (non-hydrogen) atoms. The van der Waals surface area contributed by atoms with Crippen molar-refractivity contribution in [1.82, 2.24) is 15.0 Å². The predicted octanol–water partition coefficient (Wildman–Crippen LogP) is 4.26. The molecule has 0 spiro atoms. The normalized spacial score (nSPS) is 10.5. The van der Waals surface area contributed by atoms with Gasteiger partial charge in [0, 0.05) is 11.2 Å². The van der Waals surface area contributed by atoms with Gasteiger partial charge in [-0.3, -0.25) is 0 Å². The minimum atomic E-state index is 0.268. The second-order valence-electron chi connectivity index (χ2n) is 5.25. The average Bonchev–Trinajstić information content (AvgIpc) is 2.57. The Bertz CT molecular complexity index is 847. The summed E-state index contributed by atoms with van der Waals surface area (Å²) in [5.41, 5.74) is 8.26. The van der Waals surface area contributed by atoms with Crippen LogP contribution in [0.4, 0.5) is 17.3 Å². The van der Waals surface area contributed by atoms with E-state index in [0.29, 0.717) is 23.1 Å². The van der Waals surface area contributed by atoms with Crippen molar-refractivity contribution in [2.24, 2.45) is 0 Å². The van der Waals surface area contributed by atoms with E-state index in [0.717, 1.165) is 16.1 Å². The second kappa shape index (κ2) is 6.72. The number of nitrogens with zero attached hydrogens (tertiary/aromatic N) is 3. The molecule has 0 unspecified atom stereocenters. The summed E-state index contributed by atoms with van der Waals surface area (Å²) < 4.78 is 5.81. The number of aryl methyl sites for hydroxylation is 2. The molecule has 0 bridgehead atoms. The Morgan fingerprint density at radius 2 is 1.83 bits per heavy atom. The monoisotopic (exact) mass is 341 g/mol. The average molecular weight is 342 g/mol. The van der Waals surface area contributed by atoms with E-state index >= 15 is 0 Å². The number of rotatable bonds is 4. The molecule has 3 aromatic rings. The smallest absolute Gasteiger partial charge is 0.248 e. The van der Waals surface area contributed by atoms with Gasteiger partial charge in [0.1, 0.15) is 23.6 Å². The largest absolute Gasteiger partial charge is 0.437 e. The molecule has 2 heterocycles. The van der Waals surface area contributed by atoms with Gasteiger partial charge < -0.3 is 15.8 Å². The lowest BCUT2D eigenvalue weighted by Crippen LogP contribution is -2.04. The van der Waals surface area contributed by atoms with Crippen molar-refractivity contribution in [3.63, 3.8) is 0 Å². The molecule has 7 heteroatoms. The lowest BCUT2D eigenvalue weighted by Gasteiger charge is -2.12. The number of pyridine rings is 1. The van der Waals surface area contributed by atoms with Gasteiger partial charge in [0.25, 0.3) is 0 Å². The van der Waals surface area contributed by atoms with Crippen molar-refractivity contribution in [3.8, 4) is 11.6 Å². The zero-order valence-corrected chi connectivity index (χ0v) is 14.0. The van der Waals surface area contributed by atoms with Crippen LogP contribution in [0.5, 0.6) is 11.6 Å². The molecule has 6 nitrogen and oxygen atoms in total. The molecule has 0 saturated heterocycles. The Hall–Kier alpha value is -2.86. The molecule has 0 aliphatic rings. The molecule has 0 aliphatic carbocycles. The third-order valence-electron chi connectivity index (χ3n) is 3.38. The van der Waals surface area contributed by atoms with E-state index in [4.69, 9.17) is 22.1 Å². The summed E-state index contributed by atoms with van der Waals surface area (Å²) in [5, 5.41) is 3.76. The Kier molecular flexibility index (Phi) is 4.48. The second-order valence-corrected chi connectivity index (χ2v) is 5.63. The van der Waals surface area contributed by atoms with Crippen LogP contribution in [0.15, 0.2) is 42.9 Å². The van der Waals surface area contributed by atoms with E-state index < -0.39 is 0 Å². The van der Waals surface area contributed by atoms with Crippen LogP contribution in [0.1, 0.15) is 11.1 Å². The molecular weight excluding hydrogens is 326 g/mol. The summed E-state index contributed by atoms with van der Waals surface area (Å²) in [6, 6.07) is 9.18. The van der Waals surface area contributed by atoms with Crippen molar-refractivity contribution < 1.29 is 4.74 Å². The Labute approximate surface area is 144 Å². The van der Waals surface area contributed by atoms with Crippen LogP contribution < -0.4 is 15.8 Å². The molecular formula is C17H16ClN5O. The molecule has 3 N–H and O–H groups in total. The number of nitrogen functional groups attached to an aromatic ring is 1. The van der Waals surface area contributed by atoms with Gasteiger partial charge in [-0.2, -0.15) is 4.98 Å². The van der Waals surface area contributed by atoms with Gasteiger partial charge in [0.2, 0.25) is 5.88 Å². The minimum Gasteiger partial charge on any atom is -0.437 e. The topological polar surface area (TPSA) is 86.0 Å². The van der Waals surface area contributed by atoms with Crippen LogP contribution in [-0.4, -0.2) is 15.0 Å². The maximum Gasteiger partial charge on any atom is 0.248 e. The molecule has 0 radical (unpaired) electrons. The molecule has 0 aliphatic heterocycles. The maximum atomic E-state index is 6.18. The van der Waals surface area contributed by atoms with Crippen molar-refractivity contribution >= 4 is 28.9 Å². The Morgan fingerprint density at radius 3 is 2.50 bits per heavy atom. The minimum absolute atomic E-state index is 0.268. The van der Waals surface area contributed by atoms with Crippen molar-refractivity contribution in [3.05, 3.63) is 59.0 Å². The summed E-state index contributed by atoms with van der Waals surface area (Å²) in [6.07, 6.45) is 3.06. The lowest BCUT2D eigenvalue weighted by molar-refractivity contribution is 0.464. The zero-order chi connectivity index (χ0) is 17.1. The number of ether oxygens (including phenoxy) is 1. The van der Waals surface area contributed by atoms with E-state index in [1.807, 2.05) is 44.2 Å². The third-order valence-corrected chi connectivity index (χ3v) is 3.98. The van der Waals surface area contributed by atoms with Crippen molar-refractivity contribution in [1.29, 1.82) is 0 Å². The van der Waals surface area contributed by atoms with Gasteiger partial charge >= 0.3 is 0 Å². The molecule has 0 atom stereocenters. The fraction of sp³-hybridized carbons (Fsp3) is 0.118. The van der Waals surface area contributed by atoms with E-state index in [2.05, 4.69) is 20.3 Å². The number of benzene rings is 1. The van der Waals surface area contributed by atoms with Crippen LogP contribution >= 0.6 is 11.6 Å². The SMILES string of the molecule is Cc1cc(Oc2ncnc(Nc3ccccn3)c2N)cc(C)c1Cl.